The van der Waals surface area contributed by atoms with E-state index in [0.717, 1.165) is 18.9 Å². The van der Waals surface area contributed by atoms with E-state index in [1.165, 1.54) is 6.20 Å². The minimum atomic E-state index is -1.34. The molecule has 0 aromatic carbocycles. The van der Waals surface area contributed by atoms with Crippen molar-refractivity contribution in [3.8, 4) is 0 Å². The highest BCUT2D eigenvalue weighted by molar-refractivity contribution is 5.95. The van der Waals surface area contributed by atoms with Gasteiger partial charge in [0.25, 0.3) is 0 Å². The normalized spacial score (nSPS) is 20.5. The molecule has 2 fully saturated rings. The molecular formula is C20H24FN5O4. The Labute approximate surface area is 171 Å². The number of nitrogens with zero attached hydrogens (tertiary/aromatic N) is 4. The second-order valence-electron chi connectivity index (χ2n) is 8.03. The summed E-state index contributed by atoms with van der Waals surface area (Å²) in [5.74, 6) is -2.03. The Morgan fingerprint density at radius 1 is 1.47 bits per heavy atom. The van der Waals surface area contributed by atoms with Gasteiger partial charge >= 0.3 is 5.97 Å². The van der Waals surface area contributed by atoms with E-state index >= 15 is 4.39 Å². The quantitative estimate of drug-likeness (QED) is 0.686. The van der Waals surface area contributed by atoms with Crippen molar-refractivity contribution in [2.75, 3.05) is 24.5 Å². The lowest BCUT2D eigenvalue weighted by molar-refractivity contribution is 0.0694. The molecule has 2 aromatic heterocycles. The van der Waals surface area contributed by atoms with E-state index in [4.69, 9.17) is 10.6 Å². The summed E-state index contributed by atoms with van der Waals surface area (Å²) in [6.45, 7) is 4.79. The molecule has 10 heteroatoms. The van der Waals surface area contributed by atoms with Crippen LogP contribution in [0, 0.1) is 11.7 Å². The van der Waals surface area contributed by atoms with Crippen LogP contribution in [0.15, 0.2) is 22.2 Å². The van der Waals surface area contributed by atoms with Gasteiger partial charge in [0.15, 0.2) is 11.6 Å². The fourth-order valence-corrected chi connectivity index (χ4v) is 3.65. The Morgan fingerprint density at radius 3 is 2.80 bits per heavy atom. The molecule has 1 atom stereocenters. The summed E-state index contributed by atoms with van der Waals surface area (Å²) in [6.07, 6.45) is 2.94. The number of fused-ring (bicyclic) bond motifs is 1. The van der Waals surface area contributed by atoms with Crippen molar-refractivity contribution < 1.29 is 19.1 Å². The number of carboxylic acids is 1. The van der Waals surface area contributed by atoms with Crippen LogP contribution in [0.2, 0.25) is 0 Å². The van der Waals surface area contributed by atoms with Crippen LogP contribution in [0.1, 0.15) is 43.1 Å². The predicted molar refractivity (Wildman–Crippen MR) is 110 cm³/mol. The molecule has 0 bridgehead atoms. The molecule has 0 spiro atoms. The molecular weight excluding hydrogens is 393 g/mol. The molecule has 1 unspecified atom stereocenters. The minimum Gasteiger partial charge on any atom is -0.477 e. The predicted octanol–water partition coefficient (Wildman–Crippen LogP) is 1.74. The Balaban J connectivity index is 1.79. The number of oxime groups is 1. The maximum atomic E-state index is 15.0. The molecule has 3 N–H and O–H groups in total. The largest absolute Gasteiger partial charge is 0.477 e. The van der Waals surface area contributed by atoms with Crippen molar-refractivity contribution in [2.45, 2.75) is 38.8 Å². The minimum absolute atomic E-state index is 0.0327. The van der Waals surface area contributed by atoms with E-state index in [9.17, 15) is 14.7 Å². The highest BCUT2D eigenvalue weighted by atomic mass is 19.1. The lowest BCUT2D eigenvalue weighted by atomic mass is 10.1. The van der Waals surface area contributed by atoms with Gasteiger partial charge in [-0.1, -0.05) is 5.16 Å². The highest BCUT2D eigenvalue weighted by Crippen LogP contribution is 2.37. The molecule has 1 aliphatic heterocycles. The van der Waals surface area contributed by atoms with E-state index in [1.54, 1.807) is 9.47 Å². The zero-order chi connectivity index (χ0) is 21.6. The molecule has 2 aromatic rings. The van der Waals surface area contributed by atoms with Gasteiger partial charge < -0.3 is 25.1 Å². The second-order valence-corrected chi connectivity index (χ2v) is 8.03. The van der Waals surface area contributed by atoms with Crippen LogP contribution >= 0.6 is 0 Å². The van der Waals surface area contributed by atoms with Crippen molar-refractivity contribution in [3.05, 3.63) is 33.9 Å². The number of aromatic nitrogens is 2. The van der Waals surface area contributed by atoms with Crippen molar-refractivity contribution in [1.82, 2.24) is 9.55 Å². The zero-order valence-electron chi connectivity index (χ0n) is 16.8. The summed E-state index contributed by atoms with van der Waals surface area (Å²) in [7, 11) is 0. The average Bonchev–Trinajstić information content (AvgIpc) is 3.45. The average molecular weight is 417 g/mol. The van der Waals surface area contributed by atoms with Crippen LogP contribution in [-0.2, 0) is 4.84 Å². The van der Waals surface area contributed by atoms with Crippen LogP contribution in [-0.4, -0.2) is 52.1 Å². The van der Waals surface area contributed by atoms with Crippen LogP contribution in [0.3, 0.4) is 0 Å². The van der Waals surface area contributed by atoms with E-state index in [0.29, 0.717) is 25.3 Å². The summed E-state index contributed by atoms with van der Waals surface area (Å²) < 4.78 is 16.7. The van der Waals surface area contributed by atoms with Gasteiger partial charge in [0.05, 0.1) is 17.6 Å². The van der Waals surface area contributed by atoms with Gasteiger partial charge in [-0.3, -0.25) is 4.79 Å². The highest BCUT2D eigenvalue weighted by Gasteiger charge is 2.33. The Hall–Kier alpha value is -3.01. The van der Waals surface area contributed by atoms with Crippen molar-refractivity contribution >= 4 is 28.5 Å². The second kappa shape index (κ2) is 7.67. The number of carboxylic acid groups (broad SMARTS) is 1. The third kappa shape index (κ3) is 3.62. The van der Waals surface area contributed by atoms with Gasteiger partial charge in [-0.05, 0) is 32.8 Å². The first kappa shape index (κ1) is 20.3. The van der Waals surface area contributed by atoms with Gasteiger partial charge in [0.1, 0.15) is 17.3 Å². The van der Waals surface area contributed by atoms with Crippen LogP contribution in [0.5, 0.6) is 0 Å². The van der Waals surface area contributed by atoms with Gasteiger partial charge in [-0.2, -0.15) is 0 Å². The molecule has 3 heterocycles. The van der Waals surface area contributed by atoms with E-state index in [-0.39, 0.29) is 40.5 Å². The number of hydrogen-bond donors (Lipinski definition) is 2. The number of aromatic carboxylic acids is 1. The molecule has 0 radical (unpaired) electrons. The first-order chi connectivity index (χ1) is 14.3. The molecule has 2 aliphatic rings. The molecule has 30 heavy (non-hydrogen) atoms. The standard InChI is InChI=1S/C20H24FN5O4/c1-10(2)30-24-16-9-25(7-11(16)6-22)19-15(21)5-13-17(27)14(20(28)29)8-26(12-3-4-12)18(13)23-19/h5,8,10-12H,3-4,6-7,9,22H2,1-2H3,(H,28,29)/b24-16+. The van der Waals surface area contributed by atoms with Crippen molar-refractivity contribution in [1.29, 1.82) is 0 Å². The molecule has 9 nitrogen and oxygen atoms in total. The maximum absolute atomic E-state index is 15.0. The maximum Gasteiger partial charge on any atom is 0.341 e. The summed E-state index contributed by atoms with van der Waals surface area (Å²) in [5.41, 5.74) is 5.75. The first-order valence-electron chi connectivity index (χ1n) is 9.96. The number of hydrogen-bond acceptors (Lipinski definition) is 7. The van der Waals surface area contributed by atoms with Gasteiger partial charge in [-0.15, -0.1) is 0 Å². The summed E-state index contributed by atoms with van der Waals surface area (Å²) in [4.78, 5) is 35.6. The van der Waals surface area contributed by atoms with E-state index < -0.39 is 17.2 Å². The summed E-state index contributed by atoms with van der Waals surface area (Å²) >= 11 is 0. The SMILES string of the molecule is CC(C)O/N=C1\CN(c2nc3c(cc2F)c(=O)c(C(=O)O)cn3C2CC2)CC1CN. The molecule has 1 saturated carbocycles. The van der Waals surface area contributed by atoms with Crippen molar-refractivity contribution in [2.24, 2.45) is 16.8 Å². The third-order valence-electron chi connectivity index (χ3n) is 5.34. The number of nitrogens with two attached hydrogens (primary N) is 1. The first-order valence-corrected chi connectivity index (χ1v) is 9.96. The molecule has 4 rings (SSSR count). The lowest BCUT2D eigenvalue weighted by Gasteiger charge is -2.19. The number of anilines is 1. The fourth-order valence-electron chi connectivity index (χ4n) is 3.65. The van der Waals surface area contributed by atoms with Gasteiger partial charge in [-0.25, -0.2) is 14.2 Å². The molecule has 1 saturated heterocycles. The smallest absolute Gasteiger partial charge is 0.341 e. The number of carbonyl (C=O) groups is 1. The fraction of sp³-hybridized carbons (Fsp3) is 0.500. The third-order valence-corrected chi connectivity index (χ3v) is 5.34. The number of rotatable bonds is 6. The number of pyridine rings is 2. The number of halogens is 1. The topological polar surface area (TPSA) is 123 Å². The van der Waals surface area contributed by atoms with Crippen LogP contribution < -0.4 is 16.1 Å². The molecule has 160 valence electrons. The van der Waals surface area contributed by atoms with Crippen LogP contribution in [0.4, 0.5) is 10.2 Å². The molecule has 1 aliphatic carbocycles. The summed E-state index contributed by atoms with van der Waals surface area (Å²) in [5, 5.41) is 13.5. The molecule has 0 amide bonds. The Morgan fingerprint density at radius 2 is 2.20 bits per heavy atom. The van der Waals surface area contributed by atoms with E-state index in [2.05, 4.69) is 10.1 Å². The zero-order valence-corrected chi connectivity index (χ0v) is 16.8. The monoisotopic (exact) mass is 417 g/mol. The van der Waals surface area contributed by atoms with Gasteiger partial charge in [0, 0.05) is 31.2 Å². The summed E-state index contributed by atoms with van der Waals surface area (Å²) in [6, 6.07) is 1.15. The Bertz CT molecular complexity index is 1090. The van der Waals surface area contributed by atoms with Crippen LogP contribution in [0.25, 0.3) is 11.0 Å². The van der Waals surface area contributed by atoms with Gasteiger partial charge in [0.2, 0.25) is 5.43 Å². The lowest BCUT2D eigenvalue weighted by Crippen LogP contribution is -2.26. The Kier molecular flexibility index (Phi) is 5.19. The van der Waals surface area contributed by atoms with E-state index in [1.807, 2.05) is 13.8 Å². The van der Waals surface area contributed by atoms with Crippen molar-refractivity contribution in [3.63, 3.8) is 0 Å².